The maximum absolute atomic E-state index is 12.2. The summed E-state index contributed by atoms with van der Waals surface area (Å²) in [6.45, 7) is 0.441. The van der Waals surface area contributed by atoms with Gasteiger partial charge in [0, 0.05) is 6.54 Å². The molecule has 1 fully saturated rings. The third-order valence-corrected chi connectivity index (χ3v) is 4.42. The molecule has 1 aliphatic heterocycles. The summed E-state index contributed by atoms with van der Waals surface area (Å²) in [5.41, 5.74) is 0.874. The van der Waals surface area contributed by atoms with Gasteiger partial charge in [-0.15, -0.1) is 0 Å². The summed E-state index contributed by atoms with van der Waals surface area (Å²) in [4.78, 5) is 25.6. The van der Waals surface area contributed by atoms with Gasteiger partial charge >= 0.3 is 0 Å². The van der Waals surface area contributed by atoms with E-state index >= 15 is 0 Å². The number of nitrogens with zero attached hydrogens (tertiary/aromatic N) is 1. The lowest BCUT2D eigenvalue weighted by Gasteiger charge is -2.13. The number of carbonyl (C=O) groups excluding carboxylic acids is 2. The highest BCUT2D eigenvalue weighted by Crippen LogP contribution is 2.40. The zero-order valence-electron chi connectivity index (χ0n) is 11.5. The number of carbonyl (C=O) groups is 2. The van der Waals surface area contributed by atoms with Crippen molar-refractivity contribution in [1.29, 1.82) is 0 Å². The molecule has 0 bridgehead atoms. The Morgan fingerprint density at radius 3 is 2.24 bits per heavy atom. The molecule has 21 heavy (non-hydrogen) atoms. The molecule has 0 saturated heterocycles. The number of hydrogen-bond donors (Lipinski definition) is 0. The summed E-state index contributed by atoms with van der Waals surface area (Å²) in [6, 6.07) is 6.75. The van der Waals surface area contributed by atoms with E-state index in [0.29, 0.717) is 17.7 Å². The summed E-state index contributed by atoms with van der Waals surface area (Å²) < 4.78 is 26.6. The number of fused-ring (bicyclic) bond motifs is 1. The van der Waals surface area contributed by atoms with E-state index in [0.717, 1.165) is 12.7 Å². The second-order valence-corrected chi connectivity index (χ2v) is 7.15. The van der Waals surface area contributed by atoms with Crippen molar-refractivity contribution in [3.05, 3.63) is 35.4 Å². The van der Waals surface area contributed by atoms with E-state index in [2.05, 4.69) is 0 Å². The molecule has 1 heterocycles. The average molecular weight is 309 g/mol. The van der Waals surface area contributed by atoms with Gasteiger partial charge in [0.05, 0.1) is 24.0 Å². The number of hydrogen-bond acceptors (Lipinski definition) is 5. The molecule has 2 atom stereocenters. The van der Waals surface area contributed by atoms with Crippen LogP contribution in [0, 0.1) is 11.8 Å². The maximum atomic E-state index is 12.2. The Morgan fingerprint density at radius 2 is 1.71 bits per heavy atom. The van der Waals surface area contributed by atoms with Crippen LogP contribution < -0.4 is 0 Å². The van der Waals surface area contributed by atoms with Crippen molar-refractivity contribution in [3.63, 3.8) is 0 Å². The van der Waals surface area contributed by atoms with E-state index in [4.69, 9.17) is 4.18 Å². The zero-order valence-corrected chi connectivity index (χ0v) is 12.3. The van der Waals surface area contributed by atoms with Crippen LogP contribution in [0.2, 0.25) is 0 Å². The second kappa shape index (κ2) is 4.92. The van der Waals surface area contributed by atoms with Crippen LogP contribution in [-0.4, -0.2) is 44.5 Å². The van der Waals surface area contributed by atoms with E-state index < -0.39 is 10.1 Å². The zero-order chi connectivity index (χ0) is 15.2. The van der Waals surface area contributed by atoms with Crippen LogP contribution in [0.4, 0.5) is 0 Å². The van der Waals surface area contributed by atoms with Crippen molar-refractivity contribution in [2.45, 2.75) is 6.42 Å². The molecule has 1 aromatic carbocycles. The van der Waals surface area contributed by atoms with Crippen LogP contribution in [0.3, 0.4) is 0 Å². The topological polar surface area (TPSA) is 80.8 Å². The van der Waals surface area contributed by atoms with Gasteiger partial charge in [-0.25, -0.2) is 0 Å². The highest BCUT2D eigenvalue weighted by Gasteiger charge is 2.44. The highest BCUT2D eigenvalue weighted by atomic mass is 32.2. The molecule has 1 aliphatic carbocycles. The first-order chi connectivity index (χ1) is 9.87. The molecule has 7 heteroatoms. The molecule has 0 unspecified atom stereocenters. The van der Waals surface area contributed by atoms with Crippen LogP contribution in [0.25, 0.3) is 0 Å². The molecule has 0 radical (unpaired) electrons. The lowest BCUT2D eigenvalue weighted by atomic mass is 10.1. The molecule has 112 valence electrons. The van der Waals surface area contributed by atoms with Crippen LogP contribution in [0.1, 0.15) is 27.1 Å². The number of amides is 2. The second-order valence-electron chi connectivity index (χ2n) is 5.51. The van der Waals surface area contributed by atoms with Gasteiger partial charge in [0.2, 0.25) is 0 Å². The SMILES string of the molecule is CS(=O)(=O)OC[C@@H]1C[C@@H]1CN1C(=O)c2ccccc2C1=O. The Balaban J connectivity index is 1.61. The average Bonchev–Trinajstić information content (AvgIpc) is 3.14. The molecule has 0 spiro atoms. The van der Waals surface area contributed by atoms with Gasteiger partial charge in [0.1, 0.15) is 0 Å². The minimum Gasteiger partial charge on any atom is -0.274 e. The first kappa shape index (κ1) is 14.2. The van der Waals surface area contributed by atoms with Crippen LogP contribution in [0.15, 0.2) is 24.3 Å². The van der Waals surface area contributed by atoms with Gasteiger partial charge in [-0.2, -0.15) is 8.42 Å². The minimum atomic E-state index is -3.44. The number of benzene rings is 1. The Hall–Kier alpha value is -1.73. The van der Waals surface area contributed by atoms with Crippen molar-refractivity contribution in [2.24, 2.45) is 11.8 Å². The van der Waals surface area contributed by atoms with Crippen LogP contribution in [0.5, 0.6) is 0 Å². The molecule has 1 saturated carbocycles. The van der Waals surface area contributed by atoms with Crippen LogP contribution in [-0.2, 0) is 14.3 Å². The molecule has 6 nitrogen and oxygen atoms in total. The molecule has 3 rings (SSSR count). The summed E-state index contributed by atoms with van der Waals surface area (Å²) >= 11 is 0. The van der Waals surface area contributed by atoms with Gasteiger partial charge < -0.3 is 0 Å². The maximum Gasteiger partial charge on any atom is 0.264 e. The number of rotatable bonds is 5. The third-order valence-electron chi connectivity index (χ3n) is 3.86. The van der Waals surface area contributed by atoms with Crippen LogP contribution >= 0.6 is 0 Å². The normalized spacial score (nSPS) is 24.3. The summed E-state index contributed by atoms with van der Waals surface area (Å²) in [6.07, 6.45) is 1.78. The Morgan fingerprint density at radius 1 is 1.14 bits per heavy atom. The molecule has 0 aromatic heterocycles. The summed E-state index contributed by atoms with van der Waals surface area (Å²) in [5, 5.41) is 0. The van der Waals surface area contributed by atoms with E-state index in [-0.39, 0.29) is 30.3 Å². The predicted molar refractivity (Wildman–Crippen MR) is 74.2 cm³/mol. The van der Waals surface area contributed by atoms with Crippen molar-refractivity contribution in [1.82, 2.24) is 4.90 Å². The van der Waals surface area contributed by atoms with Crippen molar-refractivity contribution >= 4 is 21.9 Å². The fourth-order valence-corrected chi connectivity index (χ4v) is 3.01. The molecule has 1 aromatic rings. The summed E-state index contributed by atoms with van der Waals surface area (Å²) in [5.74, 6) is -0.339. The van der Waals surface area contributed by atoms with Gasteiger partial charge in [0.25, 0.3) is 21.9 Å². The quantitative estimate of drug-likeness (QED) is 0.596. The van der Waals surface area contributed by atoms with Crippen molar-refractivity contribution in [2.75, 3.05) is 19.4 Å². The van der Waals surface area contributed by atoms with E-state index in [1.807, 2.05) is 0 Å². The van der Waals surface area contributed by atoms with Gasteiger partial charge in [-0.3, -0.25) is 18.7 Å². The monoisotopic (exact) mass is 309 g/mol. The first-order valence-electron chi connectivity index (χ1n) is 6.66. The highest BCUT2D eigenvalue weighted by molar-refractivity contribution is 7.85. The Bertz CT molecular complexity index is 677. The van der Waals surface area contributed by atoms with E-state index in [1.54, 1.807) is 24.3 Å². The minimum absolute atomic E-state index is 0.0871. The molecule has 0 N–H and O–H groups in total. The van der Waals surface area contributed by atoms with E-state index in [9.17, 15) is 18.0 Å². The smallest absolute Gasteiger partial charge is 0.264 e. The standard InChI is InChI=1S/C14H15NO5S/c1-21(18,19)20-8-10-6-9(10)7-15-13(16)11-4-2-3-5-12(11)14(15)17/h2-5,9-10H,6-8H2,1H3/t9-,10+/m1/s1. The van der Waals surface area contributed by atoms with Gasteiger partial charge in [0.15, 0.2) is 0 Å². The third kappa shape index (κ3) is 2.84. The fraction of sp³-hybridized carbons (Fsp3) is 0.429. The lowest BCUT2D eigenvalue weighted by Crippen LogP contribution is -2.32. The molecule has 2 aliphatic rings. The first-order valence-corrected chi connectivity index (χ1v) is 8.48. The summed E-state index contributed by atoms with van der Waals surface area (Å²) in [7, 11) is -3.44. The molecule has 2 amide bonds. The predicted octanol–water partition coefficient (Wildman–Crippen LogP) is 0.895. The van der Waals surface area contributed by atoms with E-state index in [1.165, 1.54) is 4.90 Å². The number of imide groups is 1. The largest absolute Gasteiger partial charge is 0.274 e. The van der Waals surface area contributed by atoms with Gasteiger partial charge in [-0.05, 0) is 30.4 Å². The Labute approximate surface area is 122 Å². The molecular formula is C14H15NO5S. The fourth-order valence-electron chi connectivity index (χ4n) is 2.59. The van der Waals surface area contributed by atoms with Gasteiger partial charge in [-0.1, -0.05) is 12.1 Å². The lowest BCUT2D eigenvalue weighted by molar-refractivity contribution is 0.0643. The van der Waals surface area contributed by atoms with Crippen molar-refractivity contribution < 1.29 is 22.2 Å². The Kier molecular flexibility index (Phi) is 3.33. The molecular weight excluding hydrogens is 294 g/mol. The van der Waals surface area contributed by atoms with Crippen molar-refractivity contribution in [3.8, 4) is 0 Å².